The van der Waals surface area contributed by atoms with Crippen molar-refractivity contribution in [3.05, 3.63) is 21.5 Å². The van der Waals surface area contributed by atoms with Gasteiger partial charge in [-0.2, -0.15) is 5.10 Å². The number of rotatable bonds is 4. The van der Waals surface area contributed by atoms with Gasteiger partial charge in [0.15, 0.2) is 0 Å². The molecule has 17 heavy (non-hydrogen) atoms. The van der Waals surface area contributed by atoms with E-state index in [0.29, 0.717) is 11.4 Å². The molecule has 0 aliphatic rings. The largest absolute Gasteiger partial charge is 0.388 e. The van der Waals surface area contributed by atoms with Crippen LogP contribution in [0.15, 0.2) is 0 Å². The summed E-state index contributed by atoms with van der Waals surface area (Å²) in [6, 6.07) is 0. The number of aliphatic hydroxyl groups is 1. The summed E-state index contributed by atoms with van der Waals surface area (Å²) >= 11 is 0. The summed E-state index contributed by atoms with van der Waals surface area (Å²) in [5.41, 5.74) is -0.0399. The minimum absolute atomic E-state index is 0.0320. The molecule has 0 aromatic carbocycles. The lowest BCUT2D eigenvalue weighted by Gasteiger charge is -2.27. The average molecular weight is 241 g/mol. The summed E-state index contributed by atoms with van der Waals surface area (Å²) in [6.07, 6.45) is 0. The van der Waals surface area contributed by atoms with E-state index in [0.717, 1.165) is 0 Å². The molecule has 1 heterocycles. The van der Waals surface area contributed by atoms with Crippen molar-refractivity contribution in [2.24, 2.45) is 5.92 Å². The predicted molar refractivity (Wildman–Crippen MR) is 63.8 cm³/mol. The SMILES string of the molecule is Cc1nn(CC(C)(O)C(C)C)c(C)c1[N+](=O)[O-]. The highest BCUT2D eigenvalue weighted by molar-refractivity contribution is 5.39. The fraction of sp³-hybridized carbons (Fsp3) is 0.727. The van der Waals surface area contributed by atoms with Crippen molar-refractivity contribution in [2.45, 2.75) is 46.8 Å². The molecule has 1 rings (SSSR count). The van der Waals surface area contributed by atoms with E-state index >= 15 is 0 Å². The van der Waals surface area contributed by atoms with Crippen LogP contribution in [-0.2, 0) is 6.54 Å². The first-order valence-corrected chi connectivity index (χ1v) is 5.57. The molecule has 6 nitrogen and oxygen atoms in total. The summed E-state index contributed by atoms with van der Waals surface area (Å²) in [4.78, 5) is 10.4. The molecular weight excluding hydrogens is 222 g/mol. The molecule has 0 aliphatic heterocycles. The maximum absolute atomic E-state index is 10.8. The molecule has 6 heteroatoms. The van der Waals surface area contributed by atoms with Crippen molar-refractivity contribution in [1.29, 1.82) is 0 Å². The van der Waals surface area contributed by atoms with Gasteiger partial charge in [-0.1, -0.05) is 13.8 Å². The molecule has 1 aromatic rings. The van der Waals surface area contributed by atoms with Crippen LogP contribution < -0.4 is 0 Å². The van der Waals surface area contributed by atoms with Crippen molar-refractivity contribution in [3.8, 4) is 0 Å². The number of hydrogen-bond donors (Lipinski definition) is 1. The third kappa shape index (κ3) is 2.63. The highest BCUT2D eigenvalue weighted by atomic mass is 16.6. The van der Waals surface area contributed by atoms with E-state index < -0.39 is 10.5 Å². The van der Waals surface area contributed by atoms with Gasteiger partial charge in [-0.25, -0.2) is 0 Å². The zero-order valence-electron chi connectivity index (χ0n) is 10.9. The molecule has 1 N–H and O–H groups in total. The number of nitro groups is 1. The van der Waals surface area contributed by atoms with Crippen LogP contribution in [0.4, 0.5) is 5.69 Å². The molecule has 0 spiro atoms. The first kappa shape index (κ1) is 13.6. The van der Waals surface area contributed by atoms with Gasteiger partial charge < -0.3 is 5.11 Å². The van der Waals surface area contributed by atoms with E-state index in [2.05, 4.69) is 5.10 Å². The van der Waals surface area contributed by atoms with Gasteiger partial charge in [0.2, 0.25) is 0 Å². The van der Waals surface area contributed by atoms with Gasteiger partial charge in [0.1, 0.15) is 11.4 Å². The molecule has 1 aromatic heterocycles. The Kier molecular flexibility index (Phi) is 3.56. The minimum atomic E-state index is -0.933. The van der Waals surface area contributed by atoms with Crippen LogP contribution >= 0.6 is 0 Å². The standard InChI is InChI=1S/C11H19N3O3/c1-7(2)11(5,15)6-13-9(4)10(14(16)17)8(3)12-13/h7,15H,6H2,1-5H3. The summed E-state index contributed by atoms with van der Waals surface area (Å²) in [6.45, 7) is 9.02. The fourth-order valence-corrected chi connectivity index (χ4v) is 1.59. The minimum Gasteiger partial charge on any atom is -0.388 e. The Morgan fingerprint density at radius 3 is 2.41 bits per heavy atom. The molecule has 0 saturated carbocycles. The lowest BCUT2D eigenvalue weighted by atomic mass is 9.92. The summed E-state index contributed by atoms with van der Waals surface area (Å²) in [7, 11) is 0. The molecule has 0 radical (unpaired) electrons. The molecule has 0 aliphatic carbocycles. The lowest BCUT2D eigenvalue weighted by Crippen LogP contribution is -2.36. The van der Waals surface area contributed by atoms with Crippen LogP contribution in [0.5, 0.6) is 0 Å². The van der Waals surface area contributed by atoms with Crippen LogP contribution in [-0.4, -0.2) is 25.4 Å². The normalized spacial score (nSPS) is 15.0. The topological polar surface area (TPSA) is 81.2 Å². The van der Waals surface area contributed by atoms with Crippen molar-refractivity contribution < 1.29 is 10.0 Å². The average Bonchev–Trinajstić information content (AvgIpc) is 2.40. The lowest BCUT2D eigenvalue weighted by molar-refractivity contribution is -0.386. The molecule has 0 amide bonds. The first-order valence-electron chi connectivity index (χ1n) is 5.57. The molecule has 0 saturated heterocycles. The molecule has 0 fully saturated rings. The quantitative estimate of drug-likeness (QED) is 0.644. The molecule has 0 bridgehead atoms. The second-order valence-corrected chi connectivity index (χ2v) is 4.95. The smallest absolute Gasteiger partial charge is 0.312 e. The third-order valence-electron chi connectivity index (χ3n) is 3.24. The Bertz CT molecular complexity index is 435. The molecule has 1 unspecified atom stereocenters. The van der Waals surface area contributed by atoms with Crippen molar-refractivity contribution in [2.75, 3.05) is 0 Å². The van der Waals surface area contributed by atoms with E-state index in [4.69, 9.17) is 0 Å². The van der Waals surface area contributed by atoms with Crippen LogP contribution in [0, 0.1) is 29.9 Å². The van der Waals surface area contributed by atoms with Crippen molar-refractivity contribution in [1.82, 2.24) is 9.78 Å². The van der Waals surface area contributed by atoms with Crippen LogP contribution in [0.3, 0.4) is 0 Å². The van der Waals surface area contributed by atoms with E-state index in [9.17, 15) is 15.2 Å². The van der Waals surface area contributed by atoms with Crippen LogP contribution in [0.25, 0.3) is 0 Å². The molecular formula is C11H19N3O3. The Hall–Kier alpha value is -1.43. The van der Waals surface area contributed by atoms with Gasteiger partial charge in [-0.15, -0.1) is 0 Å². The Balaban J connectivity index is 3.10. The van der Waals surface area contributed by atoms with Gasteiger partial charge in [0.05, 0.1) is 17.1 Å². The maximum Gasteiger partial charge on any atom is 0.312 e. The number of aryl methyl sites for hydroxylation is 1. The second-order valence-electron chi connectivity index (χ2n) is 4.95. The summed E-state index contributed by atoms with van der Waals surface area (Å²) in [5, 5.41) is 25.1. The fourth-order valence-electron chi connectivity index (χ4n) is 1.59. The van der Waals surface area contributed by atoms with E-state index in [1.165, 1.54) is 4.68 Å². The van der Waals surface area contributed by atoms with Gasteiger partial charge in [-0.3, -0.25) is 14.8 Å². The van der Waals surface area contributed by atoms with E-state index in [-0.39, 0.29) is 18.2 Å². The third-order valence-corrected chi connectivity index (χ3v) is 3.24. The van der Waals surface area contributed by atoms with Gasteiger partial charge in [0.25, 0.3) is 0 Å². The molecule has 1 atom stereocenters. The Labute approximate surface area is 100 Å². The molecule has 96 valence electrons. The Morgan fingerprint density at radius 1 is 1.53 bits per heavy atom. The van der Waals surface area contributed by atoms with Crippen molar-refractivity contribution >= 4 is 5.69 Å². The maximum atomic E-state index is 10.8. The van der Waals surface area contributed by atoms with E-state index in [1.54, 1.807) is 20.8 Å². The monoisotopic (exact) mass is 241 g/mol. The Morgan fingerprint density at radius 2 is 2.06 bits per heavy atom. The number of aromatic nitrogens is 2. The van der Waals surface area contributed by atoms with Crippen LogP contribution in [0.2, 0.25) is 0 Å². The second kappa shape index (κ2) is 4.44. The zero-order valence-corrected chi connectivity index (χ0v) is 10.9. The highest BCUT2D eigenvalue weighted by Crippen LogP contribution is 2.25. The summed E-state index contributed by atoms with van der Waals surface area (Å²) < 4.78 is 1.51. The first-order chi connectivity index (χ1) is 7.66. The van der Waals surface area contributed by atoms with Gasteiger partial charge in [0, 0.05) is 0 Å². The van der Waals surface area contributed by atoms with Crippen LogP contribution in [0.1, 0.15) is 32.2 Å². The predicted octanol–water partition coefficient (Wildman–Crippen LogP) is 1.82. The number of hydrogen-bond acceptors (Lipinski definition) is 4. The van der Waals surface area contributed by atoms with Crippen molar-refractivity contribution in [3.63, 3.8) is 0 Å². The van der Waals surface area contributed by atoms with Gasteiger partial charge >= 0.3 is 5.69 Å². The van der Waals surface area contributed by atoms with Gasteiger partial charge in [-0.05, 0) is 26.7 Å². The highest BCUT2D eigenvalue weighted by Gasteiger charge is 2.29. The van der Waals surface area contributed by atoms with E-state index in [1.807, 2.05) is 13.8 Å². The number of nitrogens with zero attached hydrogens (tertiary/aromatic N) is 3. The summed E-state index contributed by atoms with van der Waals surface area (Å²) in [5.74, 6) is 0.0467. The zero-order chi connectivity index (χ0) is 13.4.